The van der Waals surface area contributed by atoms with Gasteiger partial charge in [-0.15, -0.1) is 0 Å². The number of benzene rings is 1. The highest BCUT2D eigenvalue weighted by molar-refractivity contribution is 5.74. The number of ether oxygens (including phenoxy) is 3. The van der Waals surface area contributed by atoms with Crippen molar-refractivity contribution in [3.8, 4) is 11.5 Å². The molecule has 7 nitrogen and oxygen atoms in total. The molecule has 1 amide bonds. The van der Waals surface area contributed by atoms with Gasteiger partial charge in [-0.05, 0) is 44.6 Å². The summed E-state index contributed by atoms with van der Waals surface area (Å²) in [6, 6.07) is 5.34. The van der Waals surface area contributed by atoms with E-state index in [0.29, 0.717) is 31.1 Å². The fourth-order valence-corrected chi connectivity index (χ4v) is 2.54. The second-order valence-corrected chi connectivity index (χ2v) is 6.44. The second kappa shape index (κ2) is 8.71. The van der Waals surface area contributed by atoms with Crippen LogP contribution in [0.1, 0.15) is 12.0 Å². The van der Waals surface area contributed by atoms with Crippen LogP contribution in [0.15, 0.2) is 18.2 Å². The van der Waals surface area contributed by atoms with E-state index in [1.54, 1.807) is 19.2 Å². The molecule has 1 saturated heterocycles. The summed E-state index contributed by atoms with van der Waals surface area (Å²) in [6.07, 6.45) is 0.882. The lowest BCUT2D eigenvalue weighted by atomic mass is 9.98. The molecule has 1 aromatic rings. The molecule has 1 fully saturated rings. The number of nitrogens with zero attached hydrogens (tertiary/aromatic N) is 2. The van der Waals surface area contributed by atoms with E-state index in [0.717, 1.165) is 18.5 Å². The number of hydrogen-bond acceptors (Lipinski definition) is 6. The standard InChI is InChI=1S/C18H26N2O5/c1-19(2)8-9-20(3)18(22)25-15-6-5-13(12-16(15)23-4)11-14-7-10-24-17(14)21/h5-6,12,14H,7-11H2,1-4H3/t14-/m0/s1. The molecular weight excluding hydrogens is 324 g/mol. The minimum absolute atomic E-state index is 0.115. The molecule has 0 aromatic heterocycles. The van der Waals surface area contributed by atoms with Crippen molar-refractivity contribution in [3.05, 3.63) is 23.8 Å². The molecule has 0 aliphatic carbocycles. The van der Waals surface area contributed by atoms with Gasteiger partial charge in [0.05, 0.1) is 19.6 Å². The van der Waals surface area contributed by atoms with Crippen LogP contribution in [0.25, 0.3) is 0 Å². The highest BCUT2D eigenvalue weighted by Gasteiger charge is 2.27. The van der Waals surface area contributed by atoms with Crippen LogP contribution in [-0.4, -0.2) is 69.8 Å². The normalized spacial score (nSPS) is 16.7. The predicted octanol–water partition coefficient (Wildman–Crippen LogP) is 1.79. The molecule has 1 heterocycles. The lowest BCUT2D eigenvalue weighted by molar-refractivity contribution is -0.141. The molecule has 0 spiro atoms. The van der Waals surface area contributed by atoms with E-state index in [-0.39, 0.29) is 11.9 Å². The maximum atomic E-state index is 12.2. The Hall–Kier alpha value is -2.28. The molecule has 0 bridgehead atoms. The first-order valence-electron chi connectivity index (χ1n) is 8.32. The Bertz CT molecular complexity index is 617. The molecule has 0 N–H and O–H groups in total. The Kier molecular flexibility index (Phi) is 6.64. The van der Waals surface area contributed by atoms with Crippen molar-refractivity contribution in [1.82, 2.24) is 9.80 Å². The molecule has 1 aliphatic rings. The quantitative estimate of drug-likeness (QED) is 0.699. The first-order valence-corrected chi connectivity index (χ1v) is 8.32. The van der Waals surface area contributed by atoms with Crippen LogP contribution in [0.5, 0.6) is 11.5 Å². The zero-order valence-corrected chi connectivity index (χ0v) is 15.3. The molecule has 1 aromatic carbocycles. The van der Waals surface area contributed by atoms with Gasteiger partial charge in [-0.25, -0.2) is 4.79 Å². The van der Waals surface area contributed by atoms with Gasteiger partial charge in [0.15, 0.2) is 11.5 Å². The number of amides is 1. The van der Waals surface area contributed by atoms with Gasteiger partial charge in [0.25, 0.3) is 0 Å². The van der Waals surface area contributed by atoms with E-state index in [9.17, 15) is 9.59 Å². The first-order chi connectivity index (χ1) is 11.9. The van der Waals surface area contributed by atoms with E-state index in [1.807, 2.05) is 25.1 Å². The number of esters is 1. The average Bonchev–Trinajstić information content (AvgIpc) is 2.98. The average molecular weight is 350 g/mol. The molecule has 1 aliphatic heterocycles. The van der Waals surface area contributed by atoms with Gasteiger partial charge in [0, 0.05) is 20.1 Å². The Morgan fingerprint density at radius 2 is 2.00 bits per heavy atom. The van der Waals surface area contributed by atoms with Crippen LogP contribution in [-0.2, 0) is 16.0 Å². The van der Waals surface area contributed by atoms with Crippen molar-refractivity contribution in [2.24, 2.45) is 5.92 Å². The fraction of sp³-hybridized carbons (Fsp3) is 0.556. The van der Waals surface area contributed by atoms with Crippen LogP contribution < -0.4 is 9.47 Å². The number of methoxy groups -OCH3 is 1. The molecule has 25 heavy (non-hydrogen) atoms. The molecule has 2 rings (SSSR count). The summed E-state index contributed by atoms with van der Waals surface area (Å²) < 4.78 is 15.8. The maximum absolute atomic E-state index is 12.2. The second-order valence-electron chi connectivity index (χ2n) is 6.44. The topological polar surface area (TPSA) is 68.3 Å². The molecule has 0 unspecified atom stereocenters. The van der Waals surface area contributed by atoms with Gasteiger partial charge in [-0.3, -0.25) is 4.79 Å². The number of hydrogen-bond donors (Lipinski definition) is 0. The van der Waals surface area contributed by atoms with E-state index in [1.165, 1.54) is 12.0 Å². The van der Waals surface area contributed by atoms with E-state index >= 15 is 0 Å². The molecule has 138 valence electrons. The van der Waals surface area contributed by atoms with Gasteiger partial charge in [0.2, 0.25) is 0 Å². The first kappa shape index (κ1) is 19.1. The minimum Gasteiger partial charge on any atom is -0.493 e. The van der Waals surface area contributed by atoms with Crippen molar-refractivity contribution in [2.45, 2.75) is 12.8 Å². The van der Waals surface area contributed by atoms with E-state index in [4.69, 9.17) is 14.2 Å². The summed E-state index contributed by atoms with van der Waals surface area (Å²) >= 11 is 0. The molecule has 0 radical (unpaired) electrons. The van der Waals surface area contributed by atoms with Gasteiger partial charge in [-0.2, -0.15) is 0 Å². The Balaban J connectivity index is 2.00. The largest absolute Gasteiger partial charge is 0.493 e. The number of carbonyl (C=O) groups excluding carboxylic acids is 2. The minimum atomic E-state index is -0.438. The third-order valence-corrected chi connectivity index (χ3v) is 4.15. The van der Waals surface area contributed by atoms with Crippen LogP contribution >= 0.6 is 0 Å². The van der Waals surface area contributed by atoms with Crippen LogP contribution in [0.3, 0.4) is 0 Å². The van der Waals surface area contributed by atoms with Crippen LogP contribution in [0.2, 0.25) is 0 Å². The third kappa shape index (κ3) is 5.35. The highest BCUT2D eigenvalue weighted by Crippen LogP contribution is 2.30. The number of likely N-dealkylation sites (N-methyl/N-ethyl adjacent to an activating group) is 2. The molecule has 7 heteroatoms. The Morgan fingerprint density at radius 1 is 1.24 bits per heavy atom. The summed E-state index contributed by atoms with van der Waals surface area (Å²) in [5.41, 5.74) is 0.946. The Morgan fingerprint density at radius 3 is 2.60 bits per heavy atom. The molecule has 0 saturated carbocycles. The number of rotatable bonds is 7. The zero-order valence-electron chi connectivity index (χ0n) is 15.3. The highest BCUT2D eigenvalue weighted by atomic mass is 16.6. The summed E-state index contributed by atoms with van der Waals surface area (Å²) in [7, 11) is 7.11. The summed E-state index contributed by atoms with van der Waals surface area (Å²) in [5, 5.41) is 0. The van der Waals surface area contributed by atoms with Crippen LogP contribution in [0.4, 0.5) is 4.79 Å². The van der Waals surface area contributed by atoms with Gasteiger partial charge >= 0.3 is 12.1 Å². The van der Waals surface area contributed by atoms with Gasteiger partial charge < -0.3 is 24.0 Å². The van der Waals surface area contributed by atoms with Gasteiger partial charge in [0.1, 0.15) is 0 Å². The molecular formula is C18H26N2O5. The third-order valence-electron chi connectivity index (χ3n) is 4.15. The fourth-order valence-electron chi connectivity index (χ4n) is 2.54. The summed E-state index contributed by atoms with van der Waals surface area (Å²) in [4.78, 5) is 27.3. The smallest absolute Gasteiger partial charge is 0.415 e. The zero-order chi connectivity index (χ0) is 18.4. The van der Waals surface area contributed by atoms with E-state index in [2.05, 4.69) is 0 Å². The van der Waals surface area contributed by atoms with Crippen molar-refractivity contribution in [1.29, 1.82) is 0 Å². The lowest BCUT2D eigenvalue weighted by Gasteiger charge is -2.20. The predicted molar refractivity (Wildman–Crippen MR) is 93.0 cm³/mol. The van der Waals surface area contributed by atoms with Crippen molar-refractivity contribution in [3.63, 3.8) is 0 Å². The van der Waals surface area contributed by atoms with Crippen molar-refractivity contribution >= 4 is 12.1 Å². The Labute approximate surface area is 148 Å². The van der Waals surface area contributed by atoms with Crippen molar-refractivity contribution in [2.75, 3.05) is 47.9 Å². The van der Waals surface area contributed by atoms with Gasteiger partial charge in [-0.1, -0.05) is 6.07 Å². The lowest BCUT2D eigenvalue weighted by Crippen LogP contribution is -2.35. The van der Waals surface area contributed by atoms with E-state index < -0.39 is 6.09 Å². The SMILES string of the molecule is COc1cc(C[C@@H]2CCOC2=O)ccc1OC(=O)N(C)CCN(C)C. The van der Waals surface area contributed by atoms with Crippen molar-refractivity contribution < 1.29 is 23.8 Å². The monoisotopic (exact) mass is 350 g/mol. The molecule has 1 atom stereocenters. The maximum Gasteiger partial charge on any atom is 0.415 e. The summed E-state index contributed by atoms with van der Waals surface area (Å²) in [5.74, 6) is 0.562. The number of cyclic esters (lactones) is 1. The number of carbonyl (C=O) groups is 2. The van der Waals surface area contributed by atoms with Crippen LogP contribution in [0, 0.1) is 5.92 Å². The summed E-state index contributed by atoms with van der Waals surface area (Å²) in [6.45, 7) is 1.80.